The average Bonchev–Trinajstić information content (AvgIpc) is 3.10. The lowest BCUT2D eigenvalue weighted by atomic mass is 10.0. The van der Waals surface area contributed by atoms with Crippen molar-refractivity contribution in [3.8, 4) is 27.3 Å². The first-order valence-electron chi connectivity index (χ1n) is 7.97. The number of nitrogens with zero attached hydrogens (tertiary/aromatic N) is 2. The van der Waals surface area contributed by atoms with Crippen molar-refractivity contribution >= 4 is 28.1 Å². The van der Waals surface area contributed by atoms with E-state index in [2.05, 4.69) is 26.9 Å². The summed E-state index contributed by atoms with van der Waals surface area (Å²) >= 11 is 7.82. The highest BCUT2D eigenvalue weighted by atomic mass is 35.5. The van der Waals surface area contributed by atoms with Crippen LogP contribution in [-0.2, 0) is 0 Å². The first kappa shape index (κ1) is 18.5. The smallest absolute Gasteiger partial charge is 0.387 e. The molecule has 1 N–H and O–H groups in total. The summed E-state index contributed by atoms with van der Waals surface area (Å²) in [5.41, 5.74) is 2.17. The fraction of sp³-hybridized carbons (Fsp3) is 0.222. The van der Waals surface area contributed by atoms with Gasteiger partial charge in [-0.25, -0.2) is 4.98 Å². The van der Waals surface area contributed by atoms with Crippen LogP contribution in [0.25, 0.3) is 21.6 Å². The third kappa shape index (κ3) is 4.28. The molecule has 3 aromatic rings. The van der Waals surface area contributed by atoms with Gasteiger partial charge in [-0.05, 0) is 30.7 Å². The van der Waals surface area contributed by atoms with Crippen LogP contribution in [0.4, 0.5) is 13.9 Å². The van der Waals surface area contributed by atoms with Gasteiger partial charge in [-0.3, -0.25) is 4.98 Å². The van der Waals surface area contributed by atoms with Gasteiger partial charge in [-0.15, -0.1) is 0 Å². The molecular weight excluding hydrogens is 380 g/mol. The lowest BCUT2D eigenvalue weighted by Gasteiger charge is -2.11. The summed E-state index contributed by atoms with van der Waals surface area (Å²) in [6, 6.07) is 6.29. The van der Waals surface area contributed by atoms with Crippen LogP contribution in [0.3, 0.4) is 0 Å². The summed E-state index contributed by atoms with van der Waals surface area (Å²) in [4.78, 5) is 9.46. The van der Waals surface area contributed by atoms with E-state index in [1.807, 2.05) is 6.07 Å². The van der Waals surface area contributed by atoms with Gasteiger partial charge in [0, 0.05) is 46.8 Å². The second kappa shape index (κ2) is 8.42. The largest absolute Gasteiger partial charge is 0.435 e. The molecule has 0 saturated heterocycles. The number of nitrogens with one attached hydrogen (secondary N) is 1. The predicted octanol–water partition coefficient (Wildman–Crippen LogP) is 5.95. The Kier molecular flexibility index (Phi) is 6.00. The molecule has 0 radical (unpaired) electrons. The SMILES string of the molecule is CCCNc1ncc(-c2ccncc2-c2cc(OC(F)F)ccc2Cl)s1. The number of halogens is 3. The van der Waals surface area contributed by atoms with Crippen LogP contribution in [-0.4, -0.2) is 23.1 Å². The van der Waals surface area contributed by atoms with Crippen molar-refractivity contribution in [3.63, 3.8) is 0 Å². The molecule has 0 aliphatic heterocycles. The molecular formula is C18H16ClF2N3OS. The van der Waals surface area contributed by atoms with Crippen molar-refractivity contribution in [2.24, 2.45) is 0 Å². The first-order valence-corrected chi connectivity index (χ1v) is 9.16. The summed E-state index contributed by atoms with van der Waals surface area (Å²) in [7, 11) is 0. The number of hydrogen-bond acceptors (Lipinski definition) is 5. The number of ether oxygens (including phenoxy) is 1. The summed E-state index contributed by atoms with van der Waals surface area (Å²) < 4.78 is 29.5. The van der Waals surface area contributed by atoms with E-state index >= 15 is 0 Å². The van der Waals surface area contributed by atoms with E-state index in [-0.39, 0.29) is 5.75 Å². The monoisotopic (exact) mass is 395 g/mol. The van der Waals surface area contributed by atoms with E-state index in [4.69, 9.17) is 11.6 Å². The zero-order valence-electron chi connectivity index (χ0n) is 13.9. The van der Waals surface area contributed by atoms with Crippen LogP contribution >= 0.6 is 22.9 Å². The van der Waals surface area contributed by atoms with Gasteiger partial charge in [-0.1, -0.05) is 29.9 Å². The molecule has 2 aromatic heterocycles. The number of benzene rings is 1. The van der Waals surface area contributed by atoms with Crippen LogP contribution in [0.2, 0.25) is 5.02 Å². The van der Waals surface area contributed by atoms with Crippen molar-refractivity contribution in [1.82, 2.24) is 9.97 Å². The minimum Gasteiger partial charge on any atom is -0.435 e. The van der Waals surface area contributed by atoms with Crippen LogP contribution < -0.4 is 10.1 Å². The molecule has 0 aliphatic rings. The molecule has 136 valence electrons. The number of hydrogen-bond donors (Lipinski definition) is 1. The Morgan fingerprint density at radius 1 is 1.19 bits per heavy atom. The lowest BCUT2D eigenvalue weighted by molar-refractivity contribution is -0.0498. The van der Waals surface area contributed by atoms with Crippen molar-refractivity contribution < 1.29 is 13.5 Å². The molecule has 8 heteroatoms. The highest BCUT2D eigenvalue weighted by Gasteiger charge is 2.15. The van der Waals surface area contributed by atoms with Gasteiger partial charge in [0.05, 0.1) is 4.88 Å². The number of aromatic nitrogens is 2. The van der Waals surface area contributed by atoms with Crippen LogP contribution in [0.1, 0.15) is 13.3 Å². The van der Waals surface area contributed by atoms with Crippen LogP contribution in [0.15, 0.2) is 42.9 Å². The van der Waals surface area contributed by atoms with Gasteiger partial charge in [0.15, 0.2) is 5.13 Å². The van der Waals surface area contributed by atoms with Gasteiger partial charge >= 0.3 is 6.61 Å². The topological polar surface area (TPSA) is 47.0 Å². The Morgan fingerprint density at radius 2 is 2.04 bits per heavy atom. The summed E-state index contributed by atoms with van der Waals surface area (Å²) in [5.74, 6) is 0.0452. The zero-order chi connectivity index (χ0) is 18.5. The third-order valence-electron chi connectivity index (χ3n) is 3.57. The molecule has 0 atom stereocenters. The van der Waals surface area contributed by atoms with E-state index in [1.54, 1.807) is 18.6 Å². The van der Waals surface area contributed by atoms with E-state index in [0.29, 0.717) is 10.6 Å². The van der Waals surface area contributed by atoms with Crippen LogP contribution in [0.5, 0.6) is 5.75 Å². The third-order valence-corrected chi connectivity index (χ3v) is 4.89. The lowest BCUT2D eigenvalue weighted by Crippen LogP contribution is -2.02. The molecule has 0 aliphatic carbocycles. The molecule has 3 rings (SSSR count). The second-order valence-electron chi connectivity index (χ2n) is 5.40. The van der Waals surface area contributed by atoms with E-state index in [9.17, 15) is 8.78 Å². The minimum atomic E-state index is -2.90. The Balaban J connectivity index is 2.01. The Hall–Kier alpha value is -2.25. The van der Waals surface area contributed by atoms with Gasteiger partial charge in [0.1, 0.15) is 5.75 Å². The van der Waals surface area contributed by atoms with Gasteiger partial charge < -0.3 is 10.1 Å². The first-order chi connectivity index (χ1) is 12.6. The fourth-order valence-electron chi connectivity index (χ4n) is 2.42. The molecule has 1 aromatic carbocycles. The summed E-state index contributed by atoms with van der Waals surface area (Å²) in [6.45, 7) is 0.0274. The summed E-state index contributed by atoms with van der Waals surface area (Å²) in [5, 5.41) is 4.50. The minimum absolute atomic E-state index is 0.0452. The highest BCUT2D eigenvalue weighted by molar-refractivity contribution is 7.18. The molecule has 0 spiro atoms. The van der Waals surface area contributed by atoms with Gasteiger partial charge in [0.2, 0.25) is 0 Å². The van der Waals surface area contributed by atoms with E-state index < -0.39 is 6.61 Å². The maximum Gasteiger partial charge on any atom is 0.387 e. The number of rotatable bonds is 7. The second-order valence-corrected chi connectivity index (χ2v) is 6.84. The zero-order valence-corrected chi connectivity index (χ0v) is 15.5. The Labute approximate surface area is 158 Å². The van der Waals surface area contributed by atoms with Gasteiger partial charge in [-0.2, -0.15) is 8.78 Å². The molecule has 0 unspecified atom stereocenters. The molecule has 26 heavy (non-hydrogen) atoms. The molecule has 2 heterocycles. The predicted molar refractivity (Wildman–Crippen MR) is 101 cm³/mol. The van der Waals surface area contributed by atoms with Crippen molar-refractivity contribution in [2.45, 2.75) is 20.0 Å². The van der Waals surface area contributed by atoms with Gasteiger partial charge in [0.25, 0.3) is 0 Å². The standard InChI is InChI=1S/C18H16ClF2N3OS/c1-2-6-23-18-24-10-16(26-18)12-5-7-22-9-14(12)13-8-11(25-17(20)21)3-4-15(13)19/h3-5,7-10,17H,2,6H2,1H3,(H,23,24). The fourth-order valence-corrected chi connectivity index (χ4v) is 3.52. The average molecular weight is 396 g/mol. The number of anilines is 1. The Bertz CT molecular complexity index is 888. The molecule has 0 saturated carbocycles. The van der Waals surface area contributed by atoms with E-state index in [0.717, 1.165) is 34.1 Å². The number of alkyl halides is 2. The quantitative estimate of drug-likeness (QED) is 0.537. The maximum absolute atomic E-state index is 12.5. The van der Waals surface area contributed by atoms with Crippen molar-refractivity contribution in [3.05, 3.63) is 47.9 Å². The molecule has 4 nitrogen and oxygen atoms in total. The van der Waals surface area contributed by atoms with Crippen LogP contribution in [0, 0.1) is 0 Å². The highest BCUT2D eigenvalue weighted by Crippen LogP contribution is 2.40. The van der Waals surface area contributed by atoms with Crippen molar-refractivity contribution in [2.75, 3.05) is 11.9 Å². The number of pyridine rings is 1. The molecule has 0 amide bonds. The summed E-state index contributed by atoms with van der Waals surface area (Å²) in [6.07, 6.45) is 6.10. The van der Waals surface area contributed by atoms with E-state index in [1.165, 1.54) is 29.5 Å². The molecule has 0 fully saturated rings. The molecule has 0 bridgehead atoms. The normalized spacial score (nSPS) is 11.0. The Morgan fingerprint density at radius 3 is 2.81 bits per heavy atom. The number of thiazole rings is 1. The van der Waals surface area contributed by atoms with Crippen molar-refractivity contribution in [1.29, 1.82) is 0 Å². The maximum atomic E-state index is 12.5.